The van der Waals surface area contributed by atoms with E-state index in [4.69, 9.17) is 8.85 Å². The third kappa shape index (κ3) is 3.30. The van der Waals surface area contributed by atoms with Crippen molar-refractivity contribution in [2.75, 3.05) is 13.2 Å². The molecule has 0 aliphatic carbocycles. The number of carbonyl (C=O) groups excluding carboxylic acids is 1. The highest BCUT2D eigenvalue weighted by Gasteiger charge is 2.33. The summed E-state index contributed by atoms with van der Waals surface area (Å²) in [4.78, 5) is 10.8. The lowest BCUT2D eigenvalue weighted by molar-refractivity contribution is 0.209. The Morgan fingerprint density at radius 1 is 1.25 bits per heavy atom. The molecule has 0 heterocycles. The van der Waals surface area contributed by atoms with Gasteiger partial charge in [0.25, 0.3) is 0 Å². The molecular weight excluding hydrogens is 172 g/mol. The van der Waals surface area contributed by atoms with Crippen molar-refractivity contribution in [2.45, 2.75) is 20.8 Å². The van der Waals surface area contributed by atoms with E-state index in [1.807, 2.05) is 20.8 Å². The van der Waals surface area contributed by atoms with E-state index in [-0.39, 0.29) is 0 Å². The topological polar surface area (TPSA) is 35.5 Å². The Kier molecular flexibility index (Phi) is 5.88. The van der Waals surface area contributed by atoms with Crippen LogP contribution >= 0.6 is 0 Å². The van der Waals surface area contributed by atoms with Crippen molar-refractivity contribution < 1.29 is 13.6 Å². The minimum atomic E-state index is -2.63. The molecule has 70 valence electrons. The number of allylic oxidation sites excluding steroid dienone is 1. The summed E-state index contributed by atoms with van der Waals surface area (Å²) in [5.41, 5.74) is 1.74. The predicted octanol–water partition coefficient (Wildman–Crippen LogP) is 1.39. The molecule has 0 N–H and O–H groups in total. The predicted molar refractivity (Wildman–Crippen MR) is 50.6 cm³/mol. The molecule has 0 aliphatic rings. The minimum Gasteiger partial charge on any atom is -0.387 e. The van der Waals surface area contributed by atoms with Crippen LogP contribution in [0.4, 0.5) is 0 Å². The molecule has 0 spiro atoms. The average Bonchev–Trinajstić information content (AvgIpc) is 2.06. The van der Waals surface area contributed by atoms with Gasteiger partial charge in [0.05, 0.1) is 0 Å². The van der Waals surface area contributed by atoms with E-state index in [2.05, 4.69) is 0 Å². The molecular formula is C8H16O3Si. The maximum Gasteiger partial charge on any atom is 0.432 e. The maximum atomic E-state index is 10.8. The van der Waals surface area contributed by atoms with Gasteiger partial charge in [-0.2, -0.15) is 0 Å². The summed E-state index contributed by atoms with van der Waals surface area (Å²) < 4.78 is 10.6. The van der Waals surface area contributed by atoms with Gasteiger partial charge in [-0.25, -0.2) is 0 Å². The van der Waals surface area contributed by atoms with Gasteiger partial charge in [0.2, 0.25) is 0 Å². The van der Waals surface area contributed by atoms with E-state index >= 15 is 0 Å². The first-order chi connectivity index (χ1) is 5.74. The van der Waals surface area contributed by atoms with Crippen molar-refractivity contribution in [1.82, 2.24) is 0 Å². The molecule has 0 rings (SSSR count). The Balaban J connectivity index is 4.38. The van der Waals surface area contributed by atoms with E-state index in [1.54, 1.807) is 11.8 Å². The number of carbonyl (C=O) groups is 1. The molecule has 3 nitrogen and oxygen atoms in total. The van der Waals surface area contributed by atoms with E-state index in [0.717, 1.165) is 5.91 Å². The number of hydrogen-bond donors (Lipinski definition) is 0. The van der Waals surface area contributed by atoms with Crippen LogP contribution in [0.3, 0.4) is 0 Å². The lowest BCUT2D eigenvalue weighted by atomic mass is 10.8. The molecule has 0 amide bonds. The lowest BCUT2D eigenvalue weighted by Gasteiger charge is -2.19. The first-order valence-electron chi connectivity index (χ1n) is 4.12. The van der Waals surface area contributed by atoms with E-state index < -0.39 is 8.56 Å². The Hall–Kier alpha value is -0.453. The van der Waals surface area contributed by atoms with Crippen molar-refractivity contribution in [3.63, 3.8) is 0 Å². The molecule has 0 unspecified atom stereocenters. The van der Waals surface area contributed by atoms with E-state index in [0.29, 0.717) is 13.2 Å². The monoisotopic (exact) mass is 188 g/mol. The van der Waals surface area contributed by atoms with E-state index in [9.17, 15) is 4.79 Å². The normalized spacial score (nSPS) is 12.2. The molecule has 12 heavy (non-hydrogen) atoms. The highest BCUT2D eigenvalue weighted by atomic mass is 28.4. The second kappa shape index (κ2) is 6.11. The molecule has 0 atom stereocenters. The van der Waals surface area contributed by atoms with Crippen LogP contribution < -0.4 is 0 Å². The summed E-state index contributed by atoms with van der Waals surface area (Å²) in [5, 5.41) is 0. The second-order valence-corrected chi connectivity index (χ2v) is 4.79. The van der Waals surface area contributed by atoms with Crippen LogP contribution in [0.15, 0.2) is 11.8 Å². The minimum absolute atomic E-state index is 0.509. The van der Waals surface area contributed by atoms with Crippen molar-refractivity contribution in [3.05, 3.63) is 11.8 Å². The first-order valence-corrected chi connectivity index (χ1v) is 6.09. The Morgan fingerprint density at radius 2 is 1.75 bits per heavy atom. The van der Waals surface area contributed by atoms with Gasteiger partial charge in [0.15, 0.2) is 5.91 Å². The standard InChI is InChI=1S/C8H16O3Si/c1-4-7-12(8-9,10-5-2)11-6-3/h4,7-8H,5-6H2,1-3H3/b7-4+. The van der Waals surface area contributed by atoms with Gasteiger partial charge in [0.1, 0.15) is 0 Å². The zero-order valence-electron chi connectivity index (χ0n) is 7.87. The van der Waals surface area contributed by atoms with Crippen molar-refractivity contribution >= 4 is 14.5 Å². The molecule has 4 heteroatoms. The summed E-state index contributed by atoms with van der Waals surface area (Å²) in [7, 11) is -2.63. The maximum absolute atomic E-state index is 10.8. The van der Waals surface area contributed by atoms with E-state index in [1.165, 1.54) is 0 Å². The van der Waals surface area contributed by atoms with Crippen LogP contribution in [0.2, 0.25) is 0 Å². The molecule has 0 saturated heterocycles. The smallest absolute Gasteiger partial charge is 0.387 e. The summed E-state index contributed by atoms with van der Waals surface area (Å²) >= 11 is 0. The molecule has 0 saturated carbocycles. The second-order valence-electron chi connectivity index (χ2n) is 2.21. The van der Waals surface area contributed by atoms with Gasteiger partial charge in [-0.15, -0.1) is 0 Å². The highest BCUT2D eigenvalue weighted by Crippen LogP contribution is 2.06. The zero-order valence-corrected chi connectivity index (χ0v) is 8.87. The van der Waals surface area contributed by atoms with Gasteiger partial charge in [-0.05, 0) is 26.5 Å². The third-order valence-electron chi connectivity index (χ3n) is 1.30. The fourth-order valence-corrected chi connectivity index (χ4v) is 2.79. The summed E-state index contributed by atoms with van der Waals surface area (Å²) in [6.45, 7) is 6.58. The van der Waals surface area contributed by atoms with Gasteiger partial charge in [0, 0.05) is 13.2 Å². The van der Waals surface area contributed by atoms with Gasteiger partial charge < -0.3 is 13.6 Å². The molecule has 0 aromatic carbocycles. The lowest BCUT2D eigenvalue weighted by Crippen LogP contribution is -2.43. The summed E-state index contributed by atoms with van der Waals surface area (Å²) in [5.74, 6) is 0.806. The molecule has 0 aromatic heterocycles. The Labute approximate surface area is 74.6 Å². The van der Waals surface area contributed by atoms with Crippen LogP contribution in [-0.4, -0.2) is 27.7 Å². The van der Waals surface area contributed by atoms with Crippen LogP contribution in [0.25, 0.3) is 0 Å². The Morgan fingerprint density at radius 3 is 2.00 bits per heavy atom. The SMILES string of the molecule is C/C=C/[Si](C=O)(OCC)OCC. The molecule has 0 aliphatic heterocycles. The highest BCUT2D eigenvalue weighted by molar-refractivity contribution is 6.95. The molecule has 0 bridgehead atoms. The van der Waals surface area contributed by atoms with Gasteiger partial charge in [-0.1, -0.05) is 6.08 Å². The molecule has 0 aromatic rings. The summed E-state index contributed by atoms with van der Waals surface area (Å²) in [6.07, 6.45) is 1.80. The first kappa shape index (κ1) is 11.5. The van der Waals surface area contributed by atoms with Gasteiger partial charge in [-0.3, -0.25) is 0 Å². The number of rotatable bonds is 6. The Bertz CT molecular complexity index is 150. The van der Waals surface area contributed by atoms with Gasteiger partial charge >= 0.3 is 8.56 Å². The molecule has 0 radical (unpaired) electrons. The largest absolute Gasteiger partial charge is 0.432 e. The average molecular weight is 188 g/mol. The van der Waals surface area contributed by atoms with Crippen LogP contribution in [-0.2, 0) is 13.6 Å². The summed E-state index contributed by atoms with van der Waals surface area (Å²) in [6, 6.07) is 0. The zero-order chi connectivity index (χ0) is 9.45. The quantitative estimate of drug-likeness (QED) is 0.467. The fourth-order valence-electron chi connectivity index (χ4n) is 0.929. The van der Waals surface area contributed by atoms with Crippen LogP contribution in [0.5, 0.6) is 0 Å². The van der Waals surface area contributed by atoms with Crippen molar-refractivity contribution in [2.24, 2.45) is 0 Å². The van der Waals surface area contributed by atoms with Crippen LogP contribution in [0.1, 0.15) is 20.8 Å². The fraction of sp³-hybridized carbons (Fsp3) is 0.625. The third-order valence-corrected chi connectivity index (χ3v) is 3.91. The molecule has 0 fully saturated rings. The van der Waals surface area contributed by atoms with Crippen molar-refractivity contribution in [1.29, 1.82) is 0 Å². The van der Waals surface area contributed by atoms with Crippen LogP contribution in [0, 0.1) is 0 Å². The van der Waals surface area contributed by atoms with Crippen molar-refractivity contribution in [3.8, 4) is 0 Å². The number of hydrogen-bond acceptors (Lipinski definition) is 3.